The SMILES string of the molecule is Cc1nc(Nc2ccccc2N2CCOCC2)cc(C(=O)NC(C)(C)C)n1. The second-order valence-electron chi connectivity index (χ2n) is 7.63. The lowest BCUT2D eigenvalue weighted by Crippen LogP contribution is -2.41. The summed E-state index contributed by atoms with van der Waals surface area (Å²) in [6.45, 7) is 10.7. The van der Waals surface area contributed by atoms with Crippen molar-refractivity contribution in [1.29, 1.82) is 0 Å². The number of hydrogen-bond acceptors (Lipinski definition) is 6. The van der Waals surface area contributed by atoms with Gasteiger partial charge in [0.25, 0.3) is 5.91 Å². The number of morpholine rings is 1. The Morgan fingerprint density at radius 1 is 1.15 bits per heavy atom. The van der Waals surface area contributed by atoms with Gasteiger partial charge in [-0.3, -0.25) is 4.79 Å². The van der Waals surface area contributed by atoms with Crippen LogP contribution in [0.5, 0.6) is 0 Å². The van der Waals surface area contributed by atoms with E-state index in [0.717, 1.165) is 37.7 Å². The molecule has 2 N–H and O–H groups in total. The lowest BCUT2D eigenvalue weighted by Gasteiger charge is -2.30. The Kier molecular flexibility index (Phi) is 5.60. The first kappa shape index (κ1) is 19.1. The summed E-state index contributed by atoms with van der Waals surface area (Å²) in [6, 6.07) is 9.77. The van der Waals surface area contributed by atoms with Crippen LogP contribution in [0.1, 0.15) is 37.1 Å². The van der Waals surface area contributed by atoms with Gasteiger partial charge in [-0.1, -0.05) is 12.1 Å². The summed E-state index contributed by atoms with van der Waals surface area (Å²) in [6.07, 6.45) is 0. The van der Waals surface area contributed by atoms with Gasteiger partial charge < -0.3 is 20.3 Å². The standard InChI is InChI=1S/C20H27N5O2/c1-14-21-16(19(26)24-20(2,3)4)13-18(22-14)23-15-7-5-6-8-17(15)25-9-11-27-12-10-25/h5-8,13H,9-12H2,1-4H3,(H,24,26)(H,21,22,23). The number of amides is 1. The van der Waals surface area contributed by atoms with E-state index in [2.05, 4.69) is 31.6 Å². The quantitative estimate of drug-likeness (QED) is 0.863. The average molecular weight is 369 g/mol. The van der Waals surface area contributed by atoms with Crippen LogP contribution in [0.3, 0.4) is 0 Å². The van der Waals surface area contributed by atoms with Crippen LogP contribution in [-0.2, 0) is 4.74 Å². The van der Waals surface area contributed by atoms with Gasteiger partial charge in [0.2, 0.25) is 0 Å². The minimum atomic E-state index is -0.327. The van der Waals surface area contributed by atoms with E-state index in [0.29, 0.717) is 17.3 Å². The van der Waals surface area contributed by atoms with E-state index in [1.807, 2.05) is 39.0 Å². The Morgan fingerprint density at radius 3 is 2.56 bits per heavy atom. The molecule has 1 aliphatic rings. The van der Waals surface area contributed by atoms with Crippen LogP contribution in [-0.4, -0.2) is 47.7 Å². The van der Waals surface area contributed by atoms with Crippen LogP contribution in [0.2, 0.25) is 0 Å². The number of nitrogens with zero attached hydrogens (tertiary/aromatic N) is 3. The van der Waals surface area contributed by atoms with E-state index in [4.69, 9.17) is 4.74 Å². The van der Waals surface area contributed by atoms with Gasteiger partial charge in [-0.05, 0) is 39.8 Å². The van der Waals surface area contributed by atoms with Crippen molar-refractivity contribution < 1.29 is 9.53 Å². The predicted octanol–water partition coefficient (Wildman–Crippen LogP) is 2.89. The minimum absolute atomic E-state index is 0.211. The topological polar surface area (TPSA) is 79.4 Å². The smallest absolute Gasteiger partial charge is 0.270 e. The molecule has 1 amide bonds. The Bertz CT molecular complexity index is 810. The lowest BCUT2D eigenvalue weighted by molar-refractivity contribution is 0.0914. The van der Waals surface area contributed by atoms with Crippen LogP contribution in [0, 0.1) is 6.92 Å². The zero-order valence-corrected chi connectivity index (χ0v) is 16.4. The highest BCUT2D eigenvalue weighted by Crippen LogP contribution is 2.28. The highest BCUT2D eigenvalue weighted by atomic mass is 16.5. The fourth-order valence-electron chi connectivity index (χ4n) is 2.95. The molecule has 0 spiro atoms. The highest BCUT2D eigenvalue weighted by molar-refractivity contribution is 5.93. The molecule has 0 radical (unpaired) electrons. The van der Waals surface area contributed by atoms with Crippen molar-refractivity contribution in [3.8, 4) is 0 Å². The van der Waals surface area contributed by atoms with E-state index in [9.17, 15) is 4.79 Å². The van der Waals surface area contributed by atoms with Gasteiger partial charge in [0.05, 0.1) is 24.6 Å². The van der Waals surface area contributed by atoms with Crippen LogP contribution in [0.25, 0.3) is 0 Å². The van der Waals surface area contributed by atoms with Crippen molar-refractivity contribution in [3.63, 3.8) is 0 Å². The van der Waals surface area contributed by atoms with Gasteiger partial charge in [-0.25, -0.2) is 9.97 Å². The maximum absolute atomic E-state index is 12.5. The molecule has 1 aromatic heterocycles. The third kappa shape index (κ3) is 5.17. The van der Waals surface area contributed by atoms with Crippen molar-refractivity contribution in [2.75, 3.05) is 36.5 Å². The molecule has 0 aliphatic carbocycles. The summed E-state index contributed by atoms with van der Waals surface area (Å²) in [4.78, 5) is 23.5. The number of hydrogen-bond donors (Lipinski definition) is 2. The first-order chi connectivity index (χ1) is 12.8. The Labute approximate surface area is 160 Å². The summed E-state index contributed by atoms with van der Waals surface area (Å²) in [7, 11) is 0. The number of rotatable bonds is 4. The van der Waals surface area contributed by atoms with E-state index in [1.165, 1.54) is 0 Å². The number of carbonyl (C=O) groups is 1. The normalized spacial score (nSPS) is 14.7. The van der Waals surface area contributed by atoms with Crippen LogP contribution < -0.4 is 15.5 Å². The molecule has 27 heavy (non-hydrogen) atoms. The van der Waals surface area contributed by atoms with Gasteiger partial charge in [-0.15, -0.1) is 0 Å². The number of nitrogens with one attached hydrogen (secondary N) is 2. The van der Waals surface area contributed by atoms with Crippen LogP contribution in [0.15, 0.2) is 30.3 Å². The third-order valence-corrected chi connectivity index (χ3v) is 4.08. The molecule has 0 bridgehead atoms. The number of carbonyl (C=O) groups excluding carboxylic acids is 1. The van der Waals surface area contributed by atoms with Crippen LogP contribution >= 0.6 is 0 Å². The molecular weight excluding hydrogens is 342 g/mol. The third-order valence-electron chi connectivity index (χ3n) is 4.08. The summed E-state index contributed by atoms with van der Waals surface area (Å²) < 4.78 is 5.45. The second kappa shape index (κ2) is 7.92. The van der Waals surface area contributed by atoms with E-state index in [1.54, 1.807) is 13.0 Å². The molecule has 0 saturated carbocycles. The molecule has 7 heteroatoms. The van der Waals surface area contributed by atoms with Crippen molar-refractivity contribution in [3.05, 3.63) is 41.9 Å². The maximum atomic E-state index is 12.5. The Balaban J connectivity index is 1.85. The van der Waals surface area contributed by atoms with Gasteiger partial charge in [0, 0.05) is 24.7 Å². The van der Waals surface area contributed by atoms with Crippen LogP contribution in [0.4, 0.5) is 17.2 Å². The summed E-state index contributed by atoms with van der Waals surface area (Å²) in [5.41, 5.74) is 2.06. The minimum Gasteiger partial charge on any atom is -0.378 e. The molecular formula is C20H27N5O2. The number of para-hydroxylation sites is 2. The summed E-state index contributed by atoms with van der Waals surface area (Å²) >= 11 is 0. The van der Waals surface area contributed by atoms with E-state index >= 15 is 0 Å². The average Bonchev–Trinajstić information content (AvgIpc) is 2.61. The molecule has 1 aromatic carbocycles. The number of aryl methyl sites for hydroxylation is 1. The van der Waals surface area contributed by atoms with Gasteiger partial charge in [0.15, 0.2) is 0 Å². The van der Waals surface area contributed by atoms with E-state index in [-0.39, 0.29) is 11.4 Å². The predicted molar refractivity (Wildman–Crippen MR) is 107 cm³/mol. The molecule has 2 aromatic rings. The fraction of sp³-hybridized carbons (Fsp3) is 0.450. The van der Waals surface area contributed by atoms with Gasteiger partial charge >= 0.3 is 0 Å². The first-order valence-electron chi connectivity index (χ1n) is 9.19. The Hall–Kier alpha value is -2.67. The Morgan fingerprint density at radius 2 is 1.85 bits per heavy atom. The number of ether oxygens (including phenoxy) is 1. The lowest BCUT2D eigenvalue weighted by atomic mass is 10.1. The molecule has 144 valence electrons. The molecule has 3 rings (SSSR count). The molecule has 0 unspecified atom stereocenters. The molecule has 1 saturated heterocycles. The largest absolute Gasteiger partial charge is 0.378 e. The first-order valence-corrected chi connectivity index (χ1v) is 9.19. The molecule has 0 atom stereocenters. The molecule has 1 fully saturated rings. The van der Waals surface area contributed by atoms with Crippen molar-refractivity contribution in [2.24, 2.45) is 0 Å². The molecule has 2 heterocycles. The zero-order chi connectivity index (χ0) is 19.4. The van der Waals surface area contributed by atoms with E-state index < -0.39 is 0 Å². The van der Waals surface area contributed by atoms with Gasteiger partial charge in [-0.2, -0.15) is 0 Å². The maximum Gasteiger partial charge on any atom is 0.270 e. The number of anilines is 3. The van der Waals surface area contributed by atoms with Crippen molar-refractivity contribution >= 4 is 23.1 Å². The monoisotopic (exact) mass is 369 g/mol. The van der Waals surface area contributed by atoms with Crippen molar-refractivity contribution in [1.82, 2.24) is 15.3 Å². The number of benzene rings is 1. The summed E-state index contributed by atoms with van der Waals surface area (Å²) in [5.74, 6) is 0.933. The highest BCUT2D eigenvalue weighted by Gasteiger charge is 2.19. The zero-order valence-electron chi connectivity index (χ0n) is 16.4. The summed E-state index contributed by atoms with van der Waals surface area (Å²) in [5, 5.41) is 6.29. The number of aromatic nitrogens is 2. The molecule has 1 aliphatic heterocycles. The van der Waals surface area contributed by atoms with Crippen molar-refractivity contribution in [2.45, 2.75) is 33.2 Å². The molecule has 7 nitrogen and oxygen atoms in total. The second-order valence-corrected chi connectivity index (χ2v) is 7.63. The van der Waals surface area contributed by atoms with Gasteiger partial charge in [0.1, 0.15) is 17.3 Å². The fourth-order valence-corrected chi connectivity index (χ4v) is 2.95.